The number of carbonyl (C=O) groups excluding carboxylic acids is 2. The van der Waals surface area contributed by atoms with Gasteiger partial charge in [0.05, 0.1) is 12.1 Å². The van der Waals surface area contributed by atoms with Crippen molar-refractivity contribution in [2.24, 2.45) is 0 Å². The molecule has 1 aromatic rings. The highest BCUT2D eigenvalue weighted by molar-refractivity contribution is 5.80. The molecule has 1 aliphatic heterocycles. The highest BCUT2D eigenvalue weighted by atomic mass is 16.5. The first-order valence-electron chi connectivity index (χ1n) is 7.77. The molecule has 7 heteroatoms. The Morgan fingerprint density at radius 2 is 2.05 bits per heavy atom. The molecule has 0 atom stereocenters. The van der Waals surface area contributed by atoms with Gasteiger partial charge in [0.15, 0.2) is 0 Å². The van der Waals surface area contributed by atoms with Gasteiger partial charge in [-0.1, -0.05) is 12.1 Å². The smallest absolute Gasteiger partial charge is 0.226 e. The number of hydrogen-bond donors (Lipinski definition) is 1. The van der Waals surface area contributed by atoms with E-state index < -0.39 is 0 Å². The lowest BCUT2D eigenvalue weighted by Crippen LogP contribution is -2.49. The van der Waals surface area contributed by atoms with E-state index >= 15 is 0 Å². The van der Waals surface area contributed by atoms with E-state index in [9.17, 15) is 9.59 Å². The van der Waals surface area contributed by atoms with Gasteiger partial charge in [-0.05, 0) is 13.5 Å². The summed E-state index contributed by atoms with van der Waals surface area (Å²) in [7, 11) is 0. The van der Waals surface area contributed by atoms with Crippen molar-refractivity contribution in [2.75, 3.05) is 39.3 Å². The third kappa shape index (κ3) is 4.84. The summed E-state index contributed by atoms with van der Waals surface area (Å²) in [6.07, 6.45) is 0.524. The van der Waals surface area contributed by atoms with E-state index in [1.54, 1.807) is 13.0 Å². The number of amides is 2. The monoisotopic (exact) mass is 308 g/mol. The van der Waals surface area contributed by atoms with Crippen molar-refractivity contribution in [3.05, 3.63) is 17.5 Å². The van der Waals surface area contributed by atoms with Crippen LogP contribution < -0.4 is 5.32 Å². The van der Waals surface area contributed by atoms with E-state index in [1.165, 1.54) is 0 Å². The maximum absolute atomic E-state index is 12.1. The van der Waals surface area contributed by atoms with Crippen LogP contribution in [-0.2, 0) is 16.0 Å². The van der Waals surface area contributed by atoms with E-state index in [4.69, 9.17) is 4.52 Å². The second-order valence-electron chi connectivity index (χ2n) is 5.52. The highest BCUT2D eigenvalue weighted by Gasteiger charge is 2.19. The number of carbonyl (C=O) groups is 2. The minimum absolute atomic E-state index is 0.105. The topological polar surface area (TPSA) is 78.7 Å². The summed E-state index contributed by atoms with van der Waals surface area (Å²) in [5.74, 6) is 0.648. The maximum atomic E-state index is 12.1. The molecule has 2 rings (SSSR count). The predicted octanol–water partition coefficient (Wildman–Crippen LogP) is 0.196. The first-order chi connectivity index (χ1) is 10.6. The van der Waals surface area contributed by atoms with Crippen molar-refractivity contribution in [3.63, 3.8) is 0 Å². The van der Waals surface area contributed by atoms with Gasteiger partial charge in [-0.3, -0.25) is 9.59 Å². The van der Waals surface area contributed by atoms with E-state index in [0.717, 1.165) is 32.7 Å². The summed E-state index contributed by atoms with van der Waals surface area (Å²) >= 11 is 0. The molecule has 0 saturated carbocycles. The fraction of sp³-hybridized carbons (Fsp3) is 0.667. The molecule has 0 aliphatic carbocycles. The summed E-state index contributed by atoms with van der Waals surface area (Å²) in [5.41, 5.74) is 0.608. The molecule has 0 aromatic carbocycles. The van der Waals surface area contributed by atoms with Crippen LogP contribution in [0.1, 0.15) is 24.8 Å². The number of aromatic nitrogens is 1. The number of nitrogens with zero attached hydrogens (tertiary/aromatic N) is 3. The SMILES string of the molecule is CCN1CCN(C(=O)CCNC(=O)Cc2cc(C)on2)CC1. The molecular weight excluding hydrogens is 284 g/mol. The number of aryl methyl sites for hydroxylation is 1. The Hall–Kier alpha value is -1.89. The first-order valence-corrected chi connectivity index (χ1v) is 7.77. The zero-order valence-electron chi connectivity index (χ0n) is 13.3. The van der Waals surface area contributed by atoms with Crippen molar-refractivity contribution in [1.29, 1.82) is 0 Å². The fourth-order valence-electron chi connectivity index (χ4n) is 2.51. The number of rotatable bonds is 6. The Bertz CT molecular complexity index is 507. The molecule has 0 spiro atoms. The average molecular weight is 308 g/mol. The number of likely N-dealkylation sites (N-methyl/N-ethyl adjacent to an activating group) is 1. The quantitative estimate of drug-likeness (QED) is 0.812. The Labute approximate surface area is 130 Å². The fourth-order valence-corrected chi connectivity index (χ4v) is 2.51. The number of piperazine rings is 1. The molecule has 1 fully saturated rings. The third-order valence-electron chi connectivity index (χ3n) is 3.85. The molecule has 7 nitrogen and oxygen atoms in total. The molecule has 1 aromatic heterocycles. The molecule has 1 saturated heterocycles. The Kier molecular flexibility index (Phi) is 5.94. The highest BCUT2D eigenvalue weighted by Crippen LogP contribution is 2.04. The molecule has 1 aliphatic rings. The van der Waals surface area contributed by atoms with Crippen LogP contribution in [0.25, 0.3) is 0 Å². The van der Waals surface area contributed by atoms with Gasteiger partial charge in [-0.25, -0.2) is 0 Å². The minimum atomic E-state index is -0.142. The Morgan fingerprint density at radius 1 is 1.32 bits per heavy atom. The lowest BCUT2D eigenvalue weighted by atomic mass is 10.2. The van der Waals surface area contributed by atoms with Gasteiger partial charge in [-0.15, -0.1) is 0 Å². The van der Waals surface area contributed by atoms with Gasteiger partial charge >= 0.3 is 0 Å². The largest absolute Gasteiger partial charge is 0.361 e. The summed E-state index contributed by atoms with van der Waals surface area (Å²) in [5, 5.41) is 6.52. The summed E-state index contributed by atoms with van der Waals surface area (Å²) < 4.78 is 4.91. The van der Waals surface area contributed by atoms with Crippen LogP contribution in [-0.4, -0.2) is 66.0 Å². The van der Waals surface area contributed by atoms with Crippen LogP contribution in [0.4, 0.5) is 0 Å². The van der Waals surface area contributed by atoms with Crippen molar-refractivity contribution in [2.45, 2.75) is 26.7 Å². The average Bonchev–Trinajstić information content (AvgIpc) is 2.92. The van der Waals surface area contributed by atoms with E-state index in [2.05, 4.69) is 22.3 Å². The predicted molar refractivity (Wildman–Crippen MR) is 81.3 cm³/mol. The lowest BCUT2D eigenvalue weighted by molar-refractivity contribution is -0.132. The van der Waals surface area contributed by atoms with Crippen molar-refractivity contribution >= 4 is 11.8 Å². The Morgan fingerprint density at radius 3 is 2.64 bits per heavy atom. The van der Waals surface area contributed by atoms with Gasteiger partial charge in [0.1, 0.15) is 5.76 Å². The molecule has 0 bridgehead atoms. The standard InChI is InChI=1S/C15H24N4O3/c1-3-18-6-8-19(9-7-18)15(21)4-5-16-14(20)11-13-10-12(2)22-17-13/h10H,3-9,11H2,1-2H3,(H,16,20). The van der Waals surface area contributed by atoms with Crippen molar-refractivity contribution in [3.8, 4) is 0 Å². The van der Waals surface area contributed by atoms with Crippen LogP contribution in [0.15, 0.2) is 10.6 Å². The first kappa shape index (κ1) is 16.5. The summed E-state index contributed by atoms with van der Waals surface area (Å²) in [6, 6.07) is 1.73. The number of nitrogens with one attached hydrogen (secondary N) is 1. The lowest BCUT2D eigenvalue weighted by Gasteiger charge is -2.34. The molecule has 122 valence electrons. The zero-order chi connectivity index (χ0) is 15.9. The molecule has 1 N–H and O–H groups in total. The van der Waals surface area contributed by atoms with E-state index in [1.807, 2.05) is 4.90 Å². The second kappa shape index (κ2) is 7.93. The van der Waals surface area contributed by atoms with Gasteiger partial charge in [0.2, 0.25) is 11.8 Å². The van der Waals surface area contributed by atoms with Gasteiger partial charge in [0, 0.05) is 45.2 Å². The summed E-state index contributed by atoms with van der Waals surface area (Å²) in [6.45, 7) is 8.72. The normalized spacial score (nSPS) is 15.8. The molecule has 2 heterocycles. The molecule has 0 radical (unpaired) electrons. The van der Waals surface area contributed by atoms with Gasteiger partial charge < -0.3 is 19.6 Å². The summed E-state index contributed by atoms with van der Waals surface area (Å²) in [4.78, 5) is 28.0. The zero-order valence-corrected chi connectivity index (χ0v) is 13.3. The number of hydrogen-bond acceptors (Lipinski definition) is 5. The second-order valence-corrected chi connectivity index (χ2v) is 5.52. The van der Waals surface area contributed by atoms with Gasteiger partial charge in [0.25, 0.3) is 0 Å². The Balaban J connectivity index is 1.63. The van der Waals surface area contributed by atoms with Crippen molar-refractivity contribution in [1.82, 2.24) is 20.3 Å². The van der Waals surface area contributed by atoms with Gasteiger partial charge in [-0.2, -0.15) is 0 Å². The van der Waals surface area contributed by atoms with E-state index in [0.29, 0.717) is 24.4 Å². The van der Waals surface area contributed by atoms with Crippen LogP contribution in [0.3, 0.4) is 0 Å². The maximum Gasteiger partial charge on any atom is 0.226 e. The molecule has 22 heavy (non-hydrogen) atoms. The molecule has 0 unspecified atom stereocenters. The van der Waals surface area contributed by atoms with Crippen LogP contribution in [0.5, 0.6) is 0 Å². The van der Waals surface area contributed by atoms with E-state index in [-0.39, 0.29) is 18.2 Å². The third-order valence-corrected chi connectivity index (χ3v) is 3.85. The van der Waals surface area contributed by atoms with Crippen LogP contribution in [0.2, 0.25) is 0 Å². The minimum Gasteiger partial charge on any atom is -0.361 e. The van der Waals surface area contributed by atoms with Crippen molar-refractivity contribution < 1.29 is 14.1 Å². The molecular formula is C15H24N4O3. The van der Waals surface area contributed by atoms with Crippen LogP contribution in [0, 0.1) is 6.92 Å². The molecule has 2 amide bonds. The van der Waals surface area contributed by atoms with Crippen LogP contribution >= 0.6 is 0 Å².